The maximum Gasteiger partial charge on any atom is 0.225 e. The third-order valence-corrected chi connectivity index (χ3v) is 1.14. The number of nitriles is 1. The van der Waals surface area contributed by atoms with Crippen LogP contribution in [0.25, 0.3) is 0 Å². The van der Waals surface area contributed by atoms with Crippen LogP contribution in [0.4, 0.5) is 0 Å². The van der Waals surface area contributed by atoms with Crippen molar-refractivity contribution >= 4 is 23.2 Å². The minimum Gasteiger partial charge on any atom is -0.207 e. The summed E-state index contributed by atoms with van der Waals surface area (Å²) in [4.78, 5) is 7.11. The molecule has 3 nitrogen and oxygen atoms in total. The standard InChI is InChI=1S/C5HCl2N3/c6-4-1-3(2-8)9-5(7)10-4/h1H. The zero-order valence-corrected chi connectivity index (χ0v) is 6.19. The molecule has 0 unspecified atom stereocenters. The maximum atomic E-state index is 8.33. The van der Waals surface area contributed by atoms with E-state index in [1.54, 1.807) is 6.07 Å². The van der Waals surface area contributed by atoms with Gasteiger partial charge in [0.1, 0.15) is 16.9 Å². The molecule has 50 valence electrons. The third kappa shape index (κ3) is 1.56. The van der Waals surface area contributed by atoms with Crippen LogP contribution in [0.15, 0.2) is 6.07 Å². The summed E-state index contributed by atoms with van der Waals surface area (Å²) in [6.07, 6.45) is 0. The summed E-state index contributed by atoms with van der Waals surface area (Å²) in [6, 6.07) is 3.13. The molecule has 0 spiro atoms. The molecular weight excluding hydrogens is 173 g/mol. The first kappa shape index (κ1) is 7.26. The van der Waals surface area contributed by atoms with Crippen LogP contribution in [0, 0.1) is 11.3 Å². The van der Waals surface area contributed by atoms with Gasteiger partial charge in [-0.25, -0.2) is 9.97 Å². The van der Waals surface area contributed by atoms with Gasteiger partial charge in [0, 0.05) is 6.07 Å². The van der Waals surface area contributed by atoms with Crippen molar-refractivity contribution in [2.24, 2.45) is 0 Å². The Hall–Kier alpha value is -0.850. The highest BCUT2D eigenvalue weighted by Gasteiger charge is 1.97. The van der Waals surface area contributed by atoms with E-state index < -0.39 is 0 Å². The molecular formula is C5HCl2N3. The van der Waals surface area contributed by atoms with Crippen LogP contribution in [0.1, 0.15) is 5.69 Å². The second-order valence-electron chi connectivity index (χ2n) is 1.46. The average molecular weight is 174 g/mol. The average Bonchev–Trinajstić information content (AvgIpc) is 1.85. The second kappa shape index (κ2) is 2.82. The molecule has 5 heteroatoms. The van der Waals surface area contributed by atoms with Crippen molar-refractivity contribution in [3.63, 3.8) is 0 Å². The van der Waals surface area contributed by atoms with Crippen molar-refractivity contribution in [1.82, 2.24) is 9.97 Å². The van der Waals surface area contributed by atoms with E-state index in [9.17, 15) is 0 Å². The third-order valence-electron chi connectivity index (χ3n) is 0.782. The van der Waals surface area contributed by atoms with E-state index in [-0.39, 0.29) is 16.1 Å². The number of aromatic nitrogens is 2. The van der Waals surface area contributed by atoms with Crippen LogP contribution in [0.2, 0.25) is 10.4 Å². The van der Waals surface area contributed by atoms with Gasteiger partial charge in [-0.2, -0.15) is 5.26 Å². The van der Waals surface area contributed by atoms with Gasteiger partial charge in [-0.15, -0.1) is 0 Å². The Morgan fingerprint density at radius 3 is 2.60 bits per heavy atom. The Labute approximate surface area is 67.2 Å². The first-order valence-electron chi connectivity index (χ1n) is 2.32. The van der Waals surface area contributed by atoms with Gasteiger partial charge in [0.25, 0.3) is 0 Å². The predicted octanol–water partition coefficient (Wildman–Crippen LogP) is 1.66. The second-order valence-corrected chi connectivity index (χ2v) is 2.18. The molecule has 0 N–H and O–H groups in total. The molecule has 0 bridgehead atoms. The molecule has 1 aromatic heterocycles. The van der Waals surface area contributed by atoms with E-state index in [0.717, 1.165) is 0 Å². The van der Waals surface area contributed by atoms with Crippen molar-refractivity contribution in [1.29, 1.82) is 5.26 Å². The van der Waals surface area contributed by atoms with Crippen molar-refractivity contribution in [3.8, 4) is 6.07 Å². The van der Waals surface area contributed by atoms with Crippen LogP contribution in [0.5, 0.6) is 0 Å². The van der Waals surface area contributed by atoms with Crippen molar-refractivity contribution < 1.29 is 0 Å². The fourth-order valence-corrected chi connectivity index (χ4v) is 0.856. The lowest BCUT2D eigenvalue weighted by molar-refractivity contribution is 1.14. The van der Waals surface area contributed by atoms with Crippen LogP contribution < -0.4 is 0 Å². The molecule has 1 aromatic rings. The molecule has 1 rings (SSSR count). The normalized spacial score (nSPS) is 8.90. The molecule has 10 heavy (non-hydrogen) atoms. The van der Waals surface area contributed by atoms with E-state index in [1.165, 1.54) is 6.07 Å². The summed E-state index contributed by atoms with van der Waals surface area (Å²) in [5, 5.41) is 8.50. The summed E-state index contributed by atoms with van der Waals surface area (Å²) in [5.41, 5.74) is 0.171. The number of halogens is 2. The van der Waals surface area contributed by atoms with E-state index in [2.05, 4.69) is 9.97 Å². The Bertz CT molecular complexity index is 271. The molecule has 0 atom stereocenters. The van der Waals surface area contributed by atoms with Crippen LogP contribution in [-0.4, -0.2) is 9.97 Å². The lowest BCUT2D eigenvalue weighted by atomic mass is 10.4. The maximum absolute atomic E-state index is 8.33. The highest BCUT2D eigenvalue weighted by atomic mass is 35.5. The van der Waals surface area contributed by atoms with Crippen LogP contribution in [0.3, 0.4) is 0 Å². The van der Waals surface area contributed by atoms with Gasteiger partial charge < -0.3 is 0 Å². The van der Waals surface area contributed by atoms with Crippen LogP contribution in [-0.2, 0) is 0 Å². The molecule has 0 aliphatic rings. The Kier molecular flexibility index (Phi) is 2.05. The first-order valence-corrected chi connectivity index (χ1v) is 3.08. The summed E-state index contributed by atoms with van der Waals surface area (Å²) in [6.45, 7) is 0. The van der Waals surface area contributed by atoms with Gasteiger partial charge in [-0.05, 0) is 11.6 Å². The van der Waals surface area contributed by atoms with Crippen molar-refractivity contribution in [3.05, 3.63) is 22.2 Å². The Balaban J connectivity index is 3.22. The fourth-order valence-electron chi connectivity index (χ4n) is 0.447. The summed E-state index contributed by atoms with van der Waals surface area (Å²) >= 11 is 10.8. The molecule has 0 saturated heterocycles. The van der Waals surface area contributed by atoms with Gasteiger partial charge in [-0.1, -0.05) is 11.6 Å². The highest BCUT2D eigenvalue weighted by molar-refractivity contribution is 6.31. The molecule has 0 aromatic carbocycles. The quantitative estimate of drug-likeness (QED) is 0.443. The number of hydrogen-bond acceptors (Lipinski definition) is 3. The lowest BCUT2D eigenvalue weighted by Gasteiger charge is -1.89. The molecule has 1 heterocycles. The van der Waals surface area contributed by atoms with Gasteiger partial charge in [0.15, 0.2) is 0 Å². The van der Waals surface area contributed by atoms with E-state index in [1.807, 2.05) is 0 Å². The largest absolute Gasteiger partial charge is 0.225 e. The minimum absolute atomic E-state index is 0.0101. The zero-order chi connectivity index (χ0) is 7.56. The Morgan fingerprint density at radius 1 is 1.40 bits per heavy atom. The smallest absolute Gasteiger partial charge is 0.207 e. The van der Waals surface area contributed by atoms with Gasteiger partial charge in [-0.3, -0.25) is 0 Å². The van der Waals surface area contributed by atoms with Gasteiger partial charge in [0.05, 0.1) is 0 Å². The van der Waals surface area contributed by atoms with E-state index >= 15 is 0 Å². The molecule has 0 radical (unpaired) electrons. The number of hydrogen-bond donors (Lipinski definition) is 0. The SMILES string of the molecule is N#Cc1cc(Cl)nc(Cl)n1. The number of rotatable bonds is 0. The summed E-state index contributed by atoms with van der Waals surface area (Å²) in [7, 11) is 0. The van der Waals surface area contributed by atoms with E-state index in [4.69, 9.17) is 28.5 Å². The van der Waals surface area contributed by atoms with Crippen molar-refractivity contribution in [2.45, 2.75) is 0 Å². The molecule has 0 fully saturated rings. The topological polar surface area (TPSA) is 49.6 Å². The monoisotopic (exact) mass is 173 g/mol. The number of nitrogens with zero attached hydrogens (tertiary/aromatic N) is 3. The summed E-state index contributed by atoms with van der Waals surface area (Å²) < 4.78 is 0. The fraction of sp³-hybridized carbons (Fsp3) is 0. The molecule has 0 saturated carbocycles. The molecule has 0 aliphatic heterocycles. The molecule has 0 aliphatic carbocycles. The lowest BCUT2D eigenvalue weighted by Crippen LogP contribution is -1.86. The van der Waals surface area contributed by atoms with Gasteiger partial charge in [0.2, 0.25) is 5.28 Å². The van der Waals surface area contributed by atoms with Gasteiger partial charge >= 0.3 is 0 Å². The highest BCUT2D eigenvalue weighted by Crippen LogP contribution is 2.09. The van der Waals surface area contributed by atoms with Crippen molar-refractivity contribution in [2.75, 3.05) is 0 Å². The predicted molar refractivity (Wildman–Crippen MR) is 36.8 cm³/mol. The first-order chi connectivity index (χ1) is 4.72. The Morgan fingerprint density at radius 2 is 2.10 bits per heavy atom. The zero-order valence-electron chi connectivity index (χ0n) is 4.67. The molecule has 0 amide bonds. The summed E-state index contributed by atoms with van der Waals surface area (Å²) in [5.74, 6) is 0. The van der Waals surface area contributed by atoms with E-state index in [0.29, 0.717) is 0 Å². The van der Waals surface area contributed by atoms with Crippen LogP contribution >= 0.6 is 23.2 Å². The minimum atomic E-state index is -0.0101.